The van der Waals surface area contributed by atoms with Gasteiger partial charge in [-0.25, -0.2) is 9.78 Å². The number of nitrogens with one attached hydrogen (secondary N) is 2. The first-order valence-corrected chi connectivity index (χ1v) is 9.32. The number of carbonyl (C=O) groups is 2. The summed E-state index contributed by atoms with van der Waals surface area (Å²) in [5.41, 5.74) is 4.58. The number of aliphatic hydroxyl groups is 1. The topological polar surface area (TPSA) is 129 Å². The molecule has 9 heteroatoms. The normalized spacial score (nSPS) is 10.6. The van der Waals surface area contributed by atoms with Gasteiger partial charge in [0.25, 0.3) is 5.91 Å². The molecule has 0 aliphatic carbocycles. The first-order valence-electron chi connectivity index (χ1n) is 9.32. The number of aromatic nitrogens is 3. The van der Waals surface area contributed by atoms with E-state index in [1.807, 2.05) is 31.2 Å². The van der Waals surface area contributed by atoms with Crippen molar-refractivity contribution in [3.8, 4) is 0 Å². The Balaban J connectivity index is 1.62. The van der Waals surface area contributed by atoms with Crippen LogP contribution in [0.4, 0.5) is 10.6 Å². The quantitative estimate of drug-likeness (QED) is 0.474. The fourth-order valence-electron chi connectivity index (χ4n) is 3.07. The lowest BCUT2D eigenvalue weighted by molar-refractivity contribution is 0.0950. The van der Waals surface area contributed by atoms with E-state index in [2.05, 4.69) is 20.7 Å². The van der Waals surface area contributed by atoms with E-state index in [0.29, 0.717) is 17.8 Å². The van der Waals surface area contributed by atoms with Crippen LogP contribution in [0.2, 0.25) is 0 Å². The largest absolute Gasteiger partial charge is 0.465 e. The van der Waals surface area contributed by atoms with Crippen LogP contribution in [0.3, 0.4) is 0 Å². The molecule has 0 atom stereocenters. The van der Waals surface area contributed by atoms with Gasteiger partial charge in [0.15, 0.2) is 0 Å². The van der Waals surface area contributed by atoms with Gasteiger partial charge >= 0.3 is 6.09 Å². The molecule has 0 spiro atoms. The number of aryl methyl sites for hydroxylation is 2. The van der Waals surface area contributed by atoms with Gasteiger partial charge in [0.05, 0.1) is 24.9 Å². The minimum atomic E-state index is -1.18. The number of benzene rings is 1. The van der Waals surface area contributed by atoms with Crippen molar-refractivity contribution in [1.82, 2.24) is 20.1 Å². The smallest absolute Gasteiger partial charge is 0.410 e. The minimum absolute atomic E-state index is 0.000361. The molecule has 1 aromatic carbocycles. The molecular formula is C21H23N5O4. The first kappa shape index (κ1) is 21.0. The van der Waals surface area contributed by atoms with Gasteiger partial charge in [0, 0.05) is 18.4 Å². The van der Waals surface area contributed by atoms with Crippen LogP contribution in [0.25, 0.3) is 0 Å². The van der Waals surface area contributed by atoms with E-state index in [0.717, 1.165) is 22.3 Å². The molecule has 2 aromatic heterocycles. The molecule has 2 amide bonds. The third-order valence-corrected chi connectivity index (χ3v) is 4.66. The average Bonchev–Trinajstić information content (AvgIpc) is 3.16. The molecule has 0 bridgehead atoms. The Morgan fingerprint density at radius 1 is 1.13 bits per heavy atom. The third kappa shape index (κ3) is 5.21. The summed E-state index contributed by atoms with van der Waals surface area (Å²) in [6, 6.07) is 9.15. The summed E-state index contributed by atoms with van der Waals surface area (Å²) in [6.07, 6.45) is 2.01. The molecule has 156 valence electrons. The SMILES string of the molecule is Cc1cc(NC(=O)O)nc(C)c1CNC(=O)c1cnn(Cc2ccc(CO)cc2)c1. The summed E-state index contributed by atoms with van der Waals surface area (Å²) in [6.45, 7) is 4.38. The molecule has 30 heavy (non-hydrogen) atoms. The van der Waals surface area contributed by atoms with Crippen LogP contribution in [0, 0.1) is 13.8 Å². The van der Waals surface area contributed by atoms with Gasteiger partial charge in [-0.3, -0.25) is 14.8 Å². The van der Waals surface area contributed by atoms with Crippen LogP contribution >= 0.6 is 0 Å². The number of aliphatic hydroxyl groups excluding tert-OH is 1. The molecule has 0 saturated heterocycles. The van der Waals surface area contributed by atoms with E-state index in [4.69, 9.17) is 10.2 Å². The van der Waals surface area contributed by atoms with Gasteiger partial charge < -0.3 is 15.5 Å². The number of anilines is 1. The highest BCUT2D eigenvalue weighted by Crippen LogP contribution is 2.17. The van der Waals surface area contributed by atoms with Gasteiger partial charge in [-0.2, -0.15) is 5.10 Å². The average molecular weight is 409 g/mol. The molecular weight excluding hydrogens is 386 g/mol. The monoisotopic (exact) mass is 409 g/mol. The maximum atomic E-state index is 12.5. The second-order valence-corrected chi connectivity index (χ2v) is 6.90. The van der Waals surface area contributed by atoms with Crippen molar-refractivity contribution in [2.45, 2.75) is 33.5 Å². The Bertz CT molecular complexity index is 1040. The Kier molecular flexibility index (Phi) is 6.43. The minimum Gasteiger partial charge on any atom is -0.465 e. The van der Waals surface area contributed by atoms with E-state index in [9.17, 15) is 9.59 Å². The van der Waals surface area contributed by atoms with Crippen molar-refractivity contribution in [2.75, 3.05) is 5.32 Å². The van der Waals surface area contributed by atoms with Crippen molar-refractivity contribution in [3.05, 3.63) is 76.2 Å². The highest BCUT2D eigenvalue weighted by Gasteiger charge is 2.12. The van der Waals surface area contributed by atoms with Crippen LogP contribution < -0.4 is 10.6 Å². The number of hydrogen-bond acceptors (Lipinski definition) is 5. The third-order valence-electron chi connectivity index (χ3n) is 4.66. The molecule has 4 N–H and O–H groups in total. The molecule has 9 nitrogen and oxygen atoms in total. The van der Waals surface area contributed by atoms with Gasteiger partial charge in [-0.05, 0) is 42.2 Å². The van der Waals surface area contributed by atoms with E-state index >= 15 is 0 Å². The lowest BCUT2D eigenvalue weighted by Gasteiger charge is -2.12. The Labute approximate surface area is 173 Å². The Morgan fingerprint density at radius 3 is 2.47 bits per heavy atom. The predicted molar refractivity (Wildman–Crippen MR) is 110 cm³/mol. The van der Waals surface area contributed by atoms with E-state index in [1.165, 1.54) is 6.20 Å². The van der Waals surface area contributed by atoms with Crippen LogP contribution in [0.1, 0.15) is 38.3 Å². The van der Waals surface area contributed by atoms with Gasteiger partial charge in [-0.15, -0.1) is 0 Å². The number of hydrogen-bond donors (Lipinski definition) is 4. The number of nitrogens with zero attached hydrogens (tertiary/aromatic N) is 3. The molecule has 0 aliphatic heterocycles. The lowest BCUT2D eigenvalue weighted by atomic mass is 10.1. The maximum Gasteiger partial charge on any atom is 0.410 e. The fraction of sp³-hybridized carbons (Fsp3) is 0.238. The fourth-order valence-corrected chi connectivity index (χ4v) is 3.07. The number of carbonyl (C=O) groups excluding carboxylic acids is 1. The molecule has 0 fully saturated rings. The summed E-state index contributed by atoms with van der Waals surface area (Å²) in [4.78, 5) is 27.5. The highest BCUT2D eigenvalue weighted by molar-refractivity contribution is 5.93. The van der Waals surface area contributed by atoms with Crippen LogP contribution in [-0.4, -0.2) is 37.0 Å². The van der Waals surface area contributed by atoms with Crippen LogP contribution in [0.15, 0.2) is 42.7 Å². The highest BCUT2D eigenvalue weighted by atomic mass is 16.4. The van der Waals surface area contributed by atoms with Gasteiger partial charge in [0.1, 0.15) is 5.82 Å². The summed E-state index contributed by atoms with van der Waals surface area (Å²) in [5, 5.41) is 27.2. The molecule has 0 unspecified atom stereocenters. The Morgan fingerprint density at radius 2 is 1.83 bits per heavy atom. The standard InChI is InChI=1S/C21H23N5O4/c1-13-7-19(25-21(29)30)24-14(2)18(13)9-22-20(28)17-8-23-26(11-17)10-15-3-5-16(12-27)6-4-15/h3-8,11,27H,9-10,12H2,1-2H3,(H,22,28)(H,24,25)(H,29,30). The number of carboxylic acid groups (broad SMARTS) is 1. The molecule has 3 rings (SSSR count). The second kappa shape index (κ2) is 9.19. The number of amides is 2. The van der Waals surface area contributed by atoms with E-state index in [1.54, 1.807) is 23.9 Å². The predicted octanol–water partition coefficient (Wildman–Crippen LogP) is 2.46. The van der Waals surface area contributed by atoms with Crippen molar-refractivity contribution in [3.63, 3.8) is 0 Å². The van der Waals surface area contributed by atoms with E-state index < -0.39 is 6.09 Å². The van der Waals surface area contributed by atoms with Crippen molar-refractivity contribution >= 4 is 17.8 Å². The summed E-state index contributed by atoms with van der Waals surface area (Å²) in [5.74, 6) is -0.00992. The zero-order chi connectivity index (χ0) is 21.7. The molecule has 0 aliphatic rings. The summed E-state index contributed by atoms with van der Waals surface area (Å²) in [7, 11) is 0. The maximum absolute atomic E-state index is 12.5. The first-order chi connectivity index (χ1) is 14.4. The summed E-state index contributed by atoms with van der Waals surface area (Å²) >= 11 is 0. The molecule has 2 heterocycles. The Hall–Kier alpha value is -3.72. The number of rotatable bonds is 7. The van der Waals surface area contributed by atoms with Gasteiger partial charge in [0.2, 0.25) is 0 Å². The van der Waals surface area contributed by atoms with Crippen LogP contribution in [0.5, 0.6) is 0 Å². The molecule has 0 saturated carbocycles. The zero-order valence-electron chi connectivity index (χ0n) is 16.7. The zero-order valence-corrected chi connectivity index (χ0v) is 16.7. The molecule has 3 aromatic rings. The van der Waals surface area contributed by atoms with E-state index in [-0.39, 0.29) is 24.9 Å². The van der Waals surface area contributed by atoms with Crippen molar-refractivity contribution in [2.24, 2.45) is 0 Å². The van der Waals surface area contributed by atoms with Crippen molar-refractivity contribution in [1.29, 1.82) is 0 Å². The summed E-state index contributed by atoms with van der Waals surface area (Å²) < 4.78 is 1.67. The molecule has 0 radical (unpaired) electrons. The van der Waals surface area contributed by atoms with Crippen LogP contribution in [-0.2, 0) is 19.7 Å². The van der Waals surface area contributed by atoms with Crippen molar-refractivity contribution < 1.29 is 19.8 Å². The lowest BCUT2D eigenvalue weighted by Crippen LogP contribution is -2.24. The van der Waals surface area contributed by atoms with Gasteiger partial charge in [-0.1, -0.05) is 24.3 Å². The number of pyridine rings is 1. The second-order valence-electron chi connectivity index (χ2n) is 6.90.